The van der Waals surface area contributed by atoms with Gasteiger partial charge in [0.05, 0.1) is 38.6 Å². The lowest BCUT2D eigenvalue weighted by atomic mass is 10.0. The summed E-state index contributed by atoms with van der Waals surface area (Å²) < 4.78 is 35.7. The minimum absolute atomic E-state index is 0.124. The van der Waals surface area contributed by atoms with Crippen LogP contribution in [-0.4, -0.2) is 60.6 Å². The number of aryl methyl sites for hydroxylation is 2. The van der Waals surface area contributed by atoms with Gasteiger partial charge in [0.15, 0.2) is 0 Å². The highest BCUT2D eigenvalue weighted by Gasteiger charge is 2.35. The average molecular weight is 623 g/mol. The molecule has 37 heavy (non-hydrogen) atoms. The largest absolute Gasteiger partial charge is 0.378 e. The van der Waals surface area contributed by atoms with Crippen LogP contribution < -0.4 is 14.9 Å². The van der Waals surface area contributed by atoms with Crippen LogP contribution in [0.2, 0.25) is 0 Å². The molecule has 1 aromatic heterocycles. The molecule has 1 saturated heterocycles. The Hall–Kier alpha value is -2.83. The summed E-state index contributed by atoms with van der Waals surface area (Å²) in [6, 6.07) is 13.1. The first-order valence-electron chi connectivity index (χ1n) is 11.7. The third kappa shape index (κ3) is 5.41. The molecule has 1 fully saturated rings. The van der Waals surface area contributed by atoms with Crippen molar-refractivity contribution in [2.45, 2.75) is 10.9 Å². The standard InChI is InChI=1S/C27H30F2IN4O3/c1-18-9-10-19(26(36)34(4,5)21-8-6-7-20(16-21)27(28,29)30-2)15-22(18)23-17-24(25(35)32(3)31-23)33-11-13-37-14-12-33/h6-10,15-17H,2,11-14H2,1,3-5H3/q+1. The number of alkyl halides is 3. The van der Waals surface area contributed by atoms with Crippen molar-refractivity contribution in [3.05, 3.63) is 75.6 Å². The van der Waals surface area contributed by atoms with Crippen molar-refractivity contribution >= 4 is 42.5 Å². The maximum atomic E-state index is 14.3. The van der Waals surface area contributed by atoms with Gasteiger partial charge in [-0.1, -0.05) is 22.7 Å². The minimum Gasteiger partial charge on any atom is -0.378 e. The number of carbonyl (C=O) groups is 1. The van der Waals surface area contributed by atoms with E-state index in [4.69, 9.17) is 4.74 Å². The number of ether oxygens (including phenoxy) is 1. The van der Waals surface area contributed by atoms with Crippen LogP contribution in [-0.2, 0) is 15.7 Å². The Bertz CT molecular complexity index is 1420. The van der Waals surface area contributed by atoms with Crippen molar-refractivity contribution < 1.29 is 18.3 Å². The first-order valence-corrected chi connectivity index (χ1v) is 14.4. The second-order valence-electron chi connectivity index (χ2n) is 9.41. The summed E-state index contributed by atoms with van der Waals surface area (Å²) in [5.74, 6) is -0.260. The Labute approximate surface area is 224 Å². The molecule has 0 atom stereocenters. The predicted molar refractivity (Wildman–Crippen MR) is 152 cm³/mol. The Kier molecular flexibility index (Phi) is 7.72. The molecule has 7 nitrogen and oxygen atoms in total. The average Bonchev–Trinajstić information content (AvgIpc) is 2.90. The second kappa shape index (κ2) is 10.5. The number of carbonyl (C=O) groups excluding carboxylic acids is 1. The fourth-order valence-corrected chi connectivity index (χ4v) is 5.11. The summed E-state index contributed by atoms with van der Waals surface area (Å²) in [4.78, 5) is 28.5. The number of quaternary nitrogens is 1. The van der Waals surface area contributed by atoms with Crippen molar-refractivity contribution in [3.63, 3.8) is 0 Å². The normalized spacial score (nSPS) is 14.6. The van der Waals surface area contributed by atoms with E-state index in [1.165, 1.54) is 16.8 Å². The van der Waals surface area contributed by atoms with Crippen molar-refractivity contribution in [2.75, 3.05) is 45.3 Å². The molecule has 2 aromatic carbocycles. The quantitative estimate of drug-likeness (QED) is 0.231. The van der Waals surface area contributed by atoms with Gasteiger partial charge >= 0.3 is 9.84 Å². The van der Waals surface area contributed by atoms with Gasteiger partial charge in [-0.05, 0) is 57.5 Å². The van der Waals surface area contributed by atoms with Gasteiger partial charge in [0.1, 0.15) is 11.4 Å². The molecule has 1 aliphatic rings. The van der Waals surface area contributed by atoms with Crippen LogP contribution in [0.3, 0.4) is 0 Å². The molecule has 0 aliphatic carbocycles. The van der Waals surface area contributed by atoms with E-state index in [1.807, 2.05) is 17.9 Å². The molecule has 0 unspecified atom stereocenters. The fourth-order valence-electron chi connectivity index (χ4n) is 4.33. The topological polar surface area (TPSA) is 64.4 Å². The zero-order chi connectivity index (χ0) is 27.0. The number of aromatic nitrogens is 2. The lowest BCUT2D eigenvalue weighted by Gasteiger charge is -2.28. The zero-order valence-corrected chi connectivity index (χ0v) is 23.5. The predicted octanol–water partition coefficient (Wildman–Crippen LogP) is 4.45. The lowest BCUT2D eigenvalue weighted by Crippen LogP contribution is -2.46. The summed E-state index contributed by atoms with van der Waals surface area (Å²) in [5.41, 5.74) is 3.26. The first-order chi connectivity index (χ1) is 17.5. The Balaban J connectivity index is 1.74. The molecular weight excluding hydrogens is 593 g/mol. The van der Waals surface area contributed by atoms with E-state index in [1.54, 1.807) is 51.5 Å². The maximum Gasteiger partial charge on any atom is 0.350 e. The van der Waals surface area contributed by atoms with Gasteiger partial charge in [-0.2, -0.15) is 13.9 Å². The monoisotopic (exact) mass is 623 g/mol. The number of halogens is 3. The van der Waals surface area contributed by atoms with Crippen molar-refractivity contribution in [1.82, 2.24) is 14.3 Å². The van der Waals surface area contributed by atoms with E-state index in [-0.39, 0.29) is 21.5 Å². The number of amides is 1. The van der Waals surface area contributed by atoms with E-state index in [0.29, 0.717) is 48.9 Å². The Morgan fingerprint density at radius 2 is 1.84 bits per heavy atom. The molecule has 0 radical (unpaired) electrons. The van der Waals surface area contributed by atoms with Crippen LogP contribution in [0, 0.1) is 6.92 Å². The van der Waals surface area contributed by atoms with Gasteiger partial charge in [-0.15, -0.1) is 0 Å². The molecule has 0 spiro atoms. The molecule has 3 aromatic rings. The van der Waals surface area contributed by atoms with Crippen molar-refractivity contribution in [1.29, 1.82) is 0 Å². The Morgan fingerprint density at radius 3 is 2.51 bits per heavy atom. The molecule has 0 N–H and O–H groups in total. The molecule has 4 rings (SSSR count). The highest BCUT2D eigenvalue weighted by Crippen LogP contribution is 2.40. The third-order valence-electron chi connectivity index (χ3n) is 6.65. The Morgan fingerprint density at radius 1 is 1.14 bits per heavy atom. The maximum absolute atomic E-state index is 14.3. The highest BCUT2D eigenvalue weighted by molar-refractivity contribution is 14.2. The molecule has 196 valence electrons. The van der Waals surface area contributed by atoms with E-state index in [0.717, 1.165) is 11.1 Å². The van der Waals surface area contributed by atoms with Crippen LogP contribution >= 0.6 is 20.7 Å². The number of hydrogen-bond acceptors (Lipinski definition) is 5. The smallest absolute Gasteiger partial charge is 0.350 e. The number of morpholine rings is 1. The summed E-state index contributed by atoms with van der Waals surface area (Å²) in [6.45, 7) is 4.21. The minimum atomic E-state index is -2.97. The number of benzene rings is 2. The van der Waals surface area contributed by atoms with Gasteiger partial charge in [-0.25, -0.2) is 14.0 Å². The van der Waals surface area contributed by atoms with Gasteiger partial charge < -0.3 is 9.64 Å². The molecule has 0 saturated carbocycles. The highest BCUT2D eigenvalue weighted by atomic mass is 127. The third-order valence-corrected chi connectivity index (χ3v) is 8.23. The summed E-state index contributed by atoms with van der Waals surface area (Å²) in [6.07, 6.45) is 0. The molecule has 10 heteroatoms. The van der Waals surface area contributed by atoms with Crippen LogP contribution in [0.5, 0.6) is 0 Å². The number of hydrogen-bond donors (Lipinski definition) is 0. The van der Waals surface area contributed by atoms with Crippen LogP contribution in [0.1, 0.15) is 21.5 Å². The summed E-state index contributed by atoms with van der Waals surface area (Å²) >= 11 is -1.59. The summed E-state index contributed by atoms with van der Waals surface area (Å²) in [5, 5.41) is 4.47. The lowest BCUT2D eigenvalue weighted by molar-refractivity contribution is 0.0830. The molecule has 1 aliphatic heterocycles. The first kappa shape index (κ1) is 27.2. The van der Waals surface area contributed by atoms with Crippen molar-refractivity contribution in [2.24, 2.45) is 7.05 Å². The fraction of sp³-hybridized carbons (Fsp3) is 0.333. The molecular formula is C27H30F2IN4O3+. The number of anilines is 1. The molecule has 1 amide bonds. The van der Waals surface area contributed by atoms with Gasteiger partial charge in [0.25, 0.3) is 5.56 Å². The van der Waals surface area contributed by atoms with Crippen LogP contribution in [0.4, 0.5) is 20.2 Å². The zero-order valence-electron chi connectivity index (χ0n) is 21.3. The number of rotatable bonds is 6. The van der Waals surface area contributed by atoms with Crippen molar-refractivity contribution in [3.8, 4) is 11.3 Å². The second-order valence-corrected chi connectivity index (χ2v) is 11.5. The molecule has 0 bridgehead atoms. The summed E-state index contributed by atoms with van der Waals surface area (Å²) in [7, 11) is 4.97. The number of nitrogens with zero attached hydrogens (tertiary/aromatic N) is 4. The van der Waals surface area contributed by atoms with Gasteiger partial charge in [0, 0.05) is 37.3 Å². The van der Waals surface area contributed by atoms with Gasteiger partial charge in [-0.3, -0.25) is 4.79 Å². The molecule has 2 heterocycles. The van der Waals surface area contributed by atoms with E-state index < -0.39 is 24.7 Å². The van der Waals surface area contributed by atoms with E-state index >= 15 is 0 Å². The van der Waals surface area contributed by atoms with E-state index in [9.17, 15) is 18.4 Å². The van der Waals surface area contributed by atoms with Gasteiger partial charge in [0.2, 0.25) is 0 Å². The van der Waals surface area contributed by atoms with Crippen LogP contribution in [0.25, 0.3) is 11.3 Å². The SMILES string of the molecule is C=IC(F)(F)c1cccc([N+](C)(C)C(=O)c2ccc(C)c(-c3cc(N4CCOCC4)c(=O)n(C)n3)c2)c1. The van der Waals surface area contributed by atoms with E-state index in [2.05, 4.69) is 9.61 Å². The van der Waals surface area contributed by atoms with Crippen LogP contribution in [0.15, 0.2) is 53.3 Å².